The second-order valence-corrected chi connectivity index (χ2v) is 3.85. The molecule has 0 spiro atoms. The number of halogens is 1. The minimum Gasteiger partial charge on any atom is -0.464 e. The summed E-state index contributed by atoms with van der Waals surface area (Å²) in [6, 6.07) is 1.95. The Morgan fingerprint density at radius 2 is 2.14 bits per heavy atom. The summed E-state index contributed by atoms with van der Waals surface area (Å²) in [7, 11) is 0. The molecule has 2 nitrogen and oxygen atoms in total. The lowest BCUT2D eigenvalue weighted by molar-refractivity contribution is 0.610. The van der Waals surface area contributed by atoms with E-state index in [1.165, 1.54) is 0 Å². The van der Waals surface area contributed by atoms with Crippen LogP contribution in [0.25, 0.3) is 11.0 Å². The summed E-state index contributed by atoms with van der Waals surface area (Å²) in [6.07, 6.45) is 1.70. The number of hydrogen-bond donors (Lipinski definition) is 1. The summed E-state index contributed by atoms with van der Waals surface area (Å²) >= 11 is 6.16. The van der Waals surface area contributed by atoms with E-state index in [0.717, 1.165) is 32.7 Å². The van der Waals surface area contributed by atoms with Crippen LogP contribution in [-0.2, 0) is 6.54 Å². The average molecular weight is 210 g/mol. The molecule has 2 N–H and O–H groups in total. The number of furan rings is 1. The fraction of sp³-hybridized carbons (Fsp3) is 0.273. The van der Waals surface area contributed by atoms with E-state index in [0.29, 0.717) is 6.54 Å². The quantitative estimate of drug-likeness (QED) is 0.784. The van der Waals surface area contributed by atoms with Gasteiger partial charge in [-0.1, -0.05) is 11.6 Å². The fourth-order valence-corrected chi connectivity index (χ4v) is 1.91. The molecule has 0 aliphatic heterocycles. The average Bonchev–Trinajstić information content (AvgIpc) is 2.57. The maximum Gasteiger partial charge on any atom is 0.134 e. The summed E-state index contributed by atoms with van der Waals surface area (Å²) in [5.74, 6) is 0. The largest absolute Gasteiger partial charge is 0.464 e. The van der Waals surface area contributed by atoms with E-state index in [9.17, 15) is 0 Å². The first kappa shape index (κ1) is 9.56. The highest BCUT2D eigenvalue weighted by Crippen LogP contribution is 2.32. The number of rotatable bonds is 1. The second kappa shape index (κ2) is 3.30. The van der Waals surface area contributed by atoms with Crippen LogP contribution in [0, 0.1) is 13.8 Å². The van der Waals surface area contributed by atoms with Gasteiger partial charge in [-0.05, 0) is 31.0 Å². The lowest BCUT2D eigenvalue weighted by atomic mass is 10.0. The van der Waals surface area contributed by atoms with Crippen LogP contribution in [0.5, 0.6) is 0 Å². The summed E-state index contributed by atoms with van der Waals surface area (Å²) < 4.78 is 5.42. The molecule has 0 atom stereocenters. The van der Waals surface area contributed by atoms with E-state index in [-0.39, 0.29) is 0 Å². The Balaban J connectivity index is 2.88. The molecule has 0 fully saturated rings. The molecule has 0 amide bonds. The van der Waals surface area contributed by atoms with Gasteiger partial charge < -0.3 is 10.2 Å². The van der Waals surface area contributed by atoms with Crippen molar-refractivity contribution in [3.63, 3.8) is 0 Å². The summed E-state index contributed by atoms with van der Waals surface area (Å²) in [6.45, 7) is 4.44. The van der Waals surface area contributed by atoms with Crippen molar-refractivity contribution in [1.29, 1.82) is 0 Å². The van der Waals surface area contributed by atoms with Crippen molar-refractivity contribution in [2.75, 3.05) is 0 Å². The Kier molecular flexibility index (Phi) is 2.25. The van der Waals surface area contributed by atoms with Crippen molar-refractivity contribution in [3.8, 4) is 0 Å². The van der Waals surface area contributed by atoms with E-state index in [4.69, 9.17) is 21.8 Å². The minimum atomic E-state index is 0.479. The number of aryl methyl sites for hydroxylation is 2. The van der Waals surface area contributed by atoms with Crippen molar-refractivity contribution < 1.29 is 4.42 Å². The zero-order valence-corrected chi connectivity index (χ0v) is 8.98. The van der Waals surface area contributed by atoms with Crippen LogP contribution in [0.1, 0.15) is 16.7 Å². The molecule has 1 heterocycles. The van der Waals surface area contributed by atoms with E-state index in [1.54, 1.807) is 6.26 Å². The molecule has 74 valence electrons. The van der Waals surface area contributed by atoms with Gasteiger partial charge in [0.1, 0.15) is 5.58 Å². The molecule has 1 aromatic heterocycles. The van der Waals surface area contributed by atoms with E-state index < -0.39 is 0 Å². The maximum atomic E-state index is 6.16. The number of benzene rings is 1. The van der Waals surface area contributed by atoms with Gasteiger partial charge in [0.25, 0.3) is 0 Å². The van der Waals surface area contributed by atoms with Crippen LogP contribution in [-0.4, -0.2) is 0 Å². The Hall–Kier alpha value is -0.990. The molecular weight excluding hydrogens is 198 g/mol. The van der Waals surface area contributed by atoms with E-state index in [2.05, 4.69) is 0 Å². The number of fused-ring (bicyclic) bond motifs is 1. The molecule has 0 saturated carbocycles. The van der Waals surface area contributed by atoms with Crippen LogP contribution in [0.3, 0.4) is 0 Å². The Morgan fingerprint density at radius 1 is 1.43 bits per heavy atom. The molecular formula is C11H12ClNO. The number of nitrogens with two attached hydrogens (primary N) is 1. The first-order valence-electron chi connectivity index (χ1n) is 4.51. The van der Waals surface area contributed by atoms with Gasteiger partial charge in [0.15, 0.2) is 0 Å². The zero-order valence-electron chi connectivity index (χ0n) is 8.23. The van der Waals surface area contributed by atoms with Crippen molar-refractivity contribution in [1.82, 2.24) is 0 Å². The maximum absolute atomic E-state index is 6.16. The van der Waals surface area contributed by atoms with Gasteiger partial charge >= 0.3 is 0 Å². The highest BCUT2D eigenvalue weighted by atomic mass is 35.5. The van der Waals surface area contributed by atoms with Crippen molar-refractivity contribution in [2.24, 2.45) is 5.73 Å². The topological polar surface area (TPSA) is 39.2 Å². The fourth-order valence-electron chi connectivity index (χ4n) is 1.76. The highest BCUT2D eigenvalue weighted by molar-refractivity contribution is 6.33. The predicted octanol–water partition coefficient (Wildman–Crippen LogP) is 3.16. The molecule has 3 heteroatoms. The monoisotopic (exact) mass is 209 g/mol. The van der Waals surface area contributed by atoms with Crippen molar-refractivity contribution in [2.45, 2.75) is 20.4 Å². The van der Waals surface area contributed by atoms with E-state index >= 15 is 0 Å². The first-order chi connectivity index (χ1) is 6.65. The molecule has 0 bridgehead atoms. The van der Waals surface area contributed by atoms with Crippen LogP contribution in [0.2, 0.25) is 5.02 Å². The van der Waals surface area contributed by atoms with Crippen LogP contribution in [0.15, 0.2) is 16.7 Å². The predicted molar refractivity (Wildman–Crippen MR) is 58.6 cm³/mol. The summed E-state index contributed by atoms with van der Waals surface area (Å²) in [5.41, 5.74) is 9.58. The third-order valence-electron chi connectivity index (χ3n) is 2.51. The molecule has 2 aromatic rings. The summed E-state index contributed by atoms with van der Waals surface area (Å²) in [5, 5.41) is 1.86. The number of hydrogen-bond acceptors (Lipinski definition) is 2. The third kappa shape index (κ3) is 1.22. The SMILES string of the molecule is Cc1cc2occ(CN)c2c(C)c1Cl. The molecule has 0 aliphatic carbocycles. The van der Waals surface area contributed by atoms with Gasteiger partial charge in [-0.25, -0.2) is 0 Å². The van der Waals surface area contributed by atoms with Gasteiger partial charge in [-0.15, -0.1) is 0 Å². The first-order valence-corrected chi connectivity index (χ1v) is 4.88. The standard InChI is InChI=1S/C11H12ClNO/c1-6-3-9-10(7(2)11(6)12)8(4-13)5-14-9/h3,5H,4,13H2,1-2H3. The molecule has 14 heavy (non-hydrogen) atoms. The van der Waals surface area contributed by atoms with Gasteiger partial charge in [0.2, 0.25) is 0 Å². The van der Waals surface area contributed by atoms with Gasteiger partial charge in [0.05, 0.1) is 6.26 Å². The van der Waals surface area contributed by atoms with Crippen LogP contribution < -0.4 is 5.73 Å². The molecule has 0 unspecified atom stereocenters. The van der Waals surface area contributed by atoms with Crippen LogP contribution in [0.4, 0.5) is 0 Å². The lowest BCUT2D eigenvalue weighted by Gasteiger charge is -2.04. The Morgan fingerprint density at radius 3 is 2.79 bits per heavy atom. The second-order valence-electron chi connectivity index (χ2n) is 3.47. The van der Waals surface area contributed by atoms with Gasteiger partial charge in [-0.3, -0.25) is 0 Å². The summed E-state index contributed by atoms with van der Waals surface area (Å²) in [4.78, 5) is 0. The van der Waals surface area contributed by atoms with Crippen molar-refractivity contribution >= 4 is 22.6 Å². The van der Waals surface area contributed by atoms with E-state index in [1.807, 2.05) is 19.9 Å². The van der Waals surface area contributed by atoms with Crippen molar-refractivity contribution in [3.05, 3.63) is 34.0 Å². The minimum absolute atomic E-state index is 0.479. The zero-order chi connectivity index (χ0) is 10.3. The highest BCUT2D eigenvalue weighted by Gasteiger charge is 2.11. The van der Waals surface area contributed by atoms with Crippen LogP contribution >= 0.6 is 11.6 Å². The smallest absolute Gasteiger partial charge is 0.134 e. The Labute approximate surface area is 87.6 Å². The van der Waals surface area contributed by atoms with Gasteiger partial charge in [0, 0.05) is 22.5 Å². The Bertz CT molecular complexity index is 487. The molecule has 0 saturated heterocycles. The molecule has 0 radical (unpaired) electrons. The molecule has 1 aromatic carbocycles. The van der Waals surface area contributed by atoms with Gasteiger partial charge in [-0.2, -0.15) is 0 Å². The lowest BCUT2D eigenvalue weighted by Crippen LogP contribution is -1.95. The molecule has 0 aliphatic rings. The molecule has 2 rings (SSSR count). The third-order valence-corrected chi connectivity index (χ3v) is 3.10. The normalized spacial score (nSPS) is 11.1.